The standard InChI is InChI=1S/C33H27Cl/c34-29-12-10-22(23-5-1-2-7-25(23)29)21-9-11-28-26(16-21)24-6-3-4-8-27(24)33(28)30-14-19-13-20-15-31(33)32(30,17-19)18-20/h1-12,16,19-20,30-31H,13-15,17-18H2. The van der Waals surface area contributed by atoms with Gasteiger partial charge in [-0.2, -0.15) is 0 Å². The highest BCUT2D eigenvalue weighted by atomic mass is 35.5. The molecule has 0 aliphatic heterocycles. The van der Waals surface area contributed by atoms with Gasteiger partial charge in [0, 0.05) is 15.8 Å². The Kier molecular flexibility index (Phi) is 3.29. The summed E-state index contributed by atoms with van der Waals surface area (Å²) in [6.07, 6.45) is 7.48. The molecule has 0 radical (unpaired) electrons. The van der Waals surface area contributed by atoms with E-state index in [-0.39, 0.29) is 5.41 Å². The van der Waals surface area contributed by atoms with Crippen molar-refractivity contribution < 1.29 is 0 Å². The smallest absolute Gasteiger partial charge is 0.0484 e. The van der Waals surface area contributed by atoms with Gasteiger partial charge in [0.05, 0.1) is 0 Å². The Morgan fingerprint density at radius 1 is 0.618 bits per heavy atom. The van der Waals surface area contributed by atoms with E-state index in [1.807, 2.05) is 0 Å². The first-order valence-corrected chi connectivity index (χ1v) is 13.5. The maximum absolute atomic E-state index is 6.56. The summed E-state index contributed by atoms with van der Waals surface area (Å²) in [5.74, 6) is 3.69. The molecule has 4 aromatic rings. The zero-order valence-electron chi connectivity index (χ0n) is 19.2. The fourth-order valence-corrected chi connectivity index (χ4v) is 10.5. The average Bonchev–Trinajstić information content (AvgIpc) is 3.40. The summed E-state index contributed by atoms with van der Waals surface area (Å²) >= 11 is 6.56. The summed E-state index contributed by atoms with van der Waals surface area (Å²) in [6.45, 7) is 0. The Labute approximate surface area is 206 Å². The summed E-state index contributed by atoms with van der Waals surface area (Å²) in [5.41, 5.74) is 9.81. The molecule has 0 nitrogen and oxygen atoms in total. The molecule has 1 heteroatoms. The lowest BCUT2D eigenvalue weighted by Gasteiger charge is -2.64. The second-order valence-electron chi connectivity index (χ2n) is 12.0. The number of benzene rings is 4. The topological polar surface area (TPSA) is 0 Å². The molecule has 0 N–H and O–H groups in total. The third-order valence-electron chi connectivity index (χ3n) is 10.9. The van der Waals surface area contributed by atoms with Crippen LogP contribution in [-0.4, -0.2) is 0 Å². The van der Waals surface area contributed by atoms with Crippen LogP contribution in [0.25, 0.3) is 33.0 Å². The van der Waals surface area contributed by atoms with Crippen LogP contribution < -0.4 is 0 Å². The van der Waals surface area contributed by atoms with E-state index in [1.165, 1.54) is 59.7 Å². The van der Waals surface area contributed by atoms with Crippen molar-refractivity contribution in [3.63, 3.8) is 0 Å². The van der Waals surface area contributed by atoms with E-state index in [2.05, 4.69) is 78.9 Å². The molecule has 0 amide bonds. The molecule has 4 aromatic carbocycles. The fourth-order valence-electron chi connectivity index (χ4n) is 10.3. The van der Waals surface area contributed by atoms with Crippen molar-refractivity contribution in [2.45, 2.75) is 37.5 Å². The molecule has 2 spiro atoms. The zero-order valence-corrected chi connectivity index (χ0v) is 20.0. The summed E-state index contributed by atoms with van der Waals surface area (Å²) in [7, 11) is 0. The van der Waals surface area contributed by atoms with Crippen LogP contribution in [0.3, 0.4) is 0 Å². The number of fused-ring (bicyclic) bond motifs is 10. The number of hydrogen-bond acceptors (Lipinski definition) is 0. The van der Waals surface area contributed by atoms with Crippen molar-refractivity contribution >= 4 is 22.4 Å². The van der Waals surface area contributed by atoms with Gasteiger partial charge in [0.25, 0.3) is 0 Å². The van der Waals surface area contributed by atoms with Crippen LogP contribution in [0.15, 0.2) is 78.9 Å². The second-order valence-corrected chi connectivity index (χ2v) is 12.4. The van der Waals surface area contributed by atoms with E-state index in [0.717, 1.165) is 34.1 Å². The molecule has 0 heterocycles. The molecule has 4 fully saturated rings. The minimum absolute atomic E-state index is 0.274. The summed E-state index contributed by atoms with van der Waals surface area (Å²) < 4.78 is 0. The molecule has 4 unspecified atom stereocenters. The Hall–Kier alpha value is -2.57. The van der Waals surface area contributed by atoms with Crippen LogP contribution in [0.1, 0.15) is 43.2 Å². The summed E-state index contributed by atoms with van der Waals surface area (Å²) in [4.78, 5) is 0. The van der Waals surface area contributed by atoms with Gasteiger partial charge in [-0.05, 0) is 112 Å². The van der Waals surface area contributed by atoms with Crippen LogP contribution in [0, 0.1) is 29.1 Å². The molecule has 34 heavy (non-hydrogen) atoms. The van der Waals surface area contributed by atoms with E-state index in [0.29, 0.717) is 5.41 Å². The lowest BCUT2D eigenvalue weighted by molar-refractivity contribution is -0.0820. The maximum atomic E-state index is 6.56. The van der Waals surface area contributed by atoms with Crippen molar-refractivity contribution in [2.75, 3.05) is 0 Å². The minimum atomic E-state index is 0.274. The van der Waals surface area contributed by atoms with Gasteiger partial charge in [-0.1, -0.05) is 78.3 Å². The third kappa shape index (κ3) is 1.92. The summed E-state index contributed by atoms with van der Waals surface area (Å²) in [6, 6.07) is 29.7. The molecule has 3 bridgehead atoms. The van der Waals surface area contributed by atoms with Gasteiger partial charge < -0.3 is 0 Å². The van der Waals surface area contributed by atoms with Crippen LogP contribution in [0.5, 0.6) is 0 Å². The van der Waals surface area contributed by atoms with E-state index >= 15 is 0 Å². The third-order valence-corrected chi connectivity index (χ3v) is 11.3. The van der Waals surface area contributed by atoms with Gasteiger partial charge in [0.1, 0.15) is 0 Å². The van der Waals surface area contributed by atoms with Crippen LogP contribution in [0.2, 0.25) is 5.02 Å². The highest BCUT2D eigenvalue weighted by Crippen LogP contribution is 2.85. The predicted molar refractivity (Wildman–Crippen MR) is 140 cm³/mol. The Morgan fingerprint density at radius 2 is 1.32 bits per heavy atom. The first-order valence-electron chi connectivity index (χ1n) is 13.1. The Balaban J connectivity index is 1.29. The normalized spacial score (nSPS) is 35.4. The van der Waals surface area contributed by atoms with E-state index < -0.39 is 0 Å². The molecule has 4 atom stereocenters. The molecule has 5 aliphatic carbocycles. The van der Waals surface area contributed by atoms with E-state index in [1.54, 1.807) is 11.1 Å². The molecule has 5 aliphatic rings. The van der Waals surface area contributed by atoms with Gasteiger partial charge in [-0.3, -0.25) is 0 Å². The fraction of sp³-hybridized carbons (Fsp3) is 0.333. The van der Waals surface area contributed by atoms with Crippen LogP contribution >= 0.6 is 11.6 Å². The second kappa shape index (κ2) is 5.97. The lowest BCUT2D eigenvalue weighted by Crippen LogP contribution is -2.62. The van der Waals surface area contributed by atoms with E-state index in [4.69, 9.17) is 11.6 Å². The van der Waals surface area contributed by atoms with Gasteiger partial charge in [0.15, 0.2) is 0 Å². The molecule has 0 aromatic heterocycles. The summed E-state index contributed by atoms with van der Waals surface area (Å²) in [5, 5.41) is 3.21. The van der Waals surface area contributed by atoms with Crippen molar-refractivity contribution in [2.24, 2.45) is 29.1 Å². The van der Waals surface area contributed by atoms with Crippen molar-refractivity contribution in [1.29, 1.82) is 0 Å². The predicted octanol–water partition coefficient (Wildman–Crippen LogP) is 8.88. The average molecular weight is 459 g/mol. The first kappa shape index (κ1) is 18.7. The molecule has 166 valence electrons. The minimum Gasteiger partial charge on any atom is -0.0837 e. The molecular weight excluding hydrogens is 432 g/mol. The van der Waals surface area contributed by atoms with Crippen molar-refractivity contribution in [3.8, 4) is 22.3 Å². The SMILES string of the molecule is Clc1ccc(-c2ccc3c(c2)-c2ccccc2C32C3CC4CC5CC2C3(C4)C5)c2ccccc12. The first-order chi connectivity index (χ1) is 16.7. The highest BCUT2D eigenvalue weighted by molar-refractivity contribution is 6.36. The lowest BCUT2D eigenvalue weighted by atomic mass is 9.38. The quantitative estimate of drug-likeness (QED) is 0.267. The maximum Gasteiger partial charge on any atom is 0.0484 e. The van der Waals surface area contributed by atoms with Crippen molar-refractivity contribution in [1.82, 2.24) is 0 Å². The zero-order chi connectivity index (χ0) is 22.2. The number of halogens is 1. The van der Waals surface area contributed by atoms with Gasteiger partial charge in [0.2, 0.25) is 0 Å². The monoisotopic (exact) mass is 458 g/mol. The van der Waals surface area contributed by atoms with Gasteiger partial charge in [-0.15, -0.1) is 0 Å². The Morgan fingerprint density at radius 3 is 2.15 bits per heavy atom. The van der Waals surface area contributed by atoms with Gasteiger partial charge >= 0.3 is 0 Å². The van der Waals surface area contributed by atoms with Gasteiger partial charge in [-0.25, -0.2) is 0 Å². The molecular formula is C33H27Cl. The van der Waals surface area contributed by atoms with E-state index in [9.17, 15) is 0 Å². The molecule has 4 saturated carbocycles. The van der Waals surface area contributed by atoms with Crippen molar-refractivity contribution in [3.05, 3.63) is 95.0 Å². The Bertz CT molecular complexity index is 1520. The number of rotatable bonds is 1. The molecule has 0 saturated heterocycles. The molecule has 9 rings (SSSR count). The highest BCUT2D eigenvalue weighted by Gasteiger charge is 2.79. The largest absolute Gasteiger partial charge is 0.0837 e. The van der Waals surface area contributed by atoms with Crippen LogP contribution in [0.4, 0.5) is 0 Å². The van der Waals surface area contributed by atoms with Crippen LogP contribution in [-0.2, 0) is 5.41 Å². The number of hydrogen-bond donors (Lipinski definition) is 0.